The van der Waals surface area contributed by atoms with E-state index in [-0.39, 0.29) is 5.82 Å². The molecule has 0 spiro atoms. The molecule has 2 N–H and O–H groups in total. The molecule has 2 aromatic rings. The summed E-state index contributed by atoms with van der Waals surface area (Å²) in [5.41, 5.74) is 7.70. The number of nitrogens with zero attached hydrogens (tertiary/aromatic N) is 2. The van der Waals surface area contributed by atoms with Crippen LogP contribution in [0.25, 0.3) is 11.3 Å². The van der Waals surface area contributed by atoms with Gasteiger partial charge in [0.1, 0.15) is 17.1 Å². The average molecular weight is 319 g/mol. The van der Waals surface area contributed by atoms with Crippen LogP contribution in [-0.4, -0.2) is 21.5 Å². The predicted molar refractivity (Wildman–Crippen MR) is 87.7 cm³/mol. The zero-order valence-corrected chi connectivity index (χ0v) is 13.9. The van der Waals surface area contributed by atoms with Crippen molar-refractivity contribution in [2.24, 2.45) is 0 Å². The predicted octanol–water partition coefficient (Wildman–Crippen LogP) is 4.01. The average Bonchev–Trinajstić information content (AvgIpc) is 2.76. The first-order valence-corrected chi connectivity index (χ1v) is 7.59. The zero-order chi connectivity index (χ0) is 17.2. The smallest absolute Gasteiger partial charge is 0.435 e. The number of hydrogen-bond acceptors (Lipinski definition) is 4. The third kappa shape index (κ3) is 3.88. The molecule has 0 amide bonds. The summed E-state index contributed by atoms with van der Waals surface area (Å²) in [7, 11) is 0. The molecule has 2 rings (SSSR count). The highest BCUT2D eigenvalue weighted by molar-refractivity contribution is 5.80. The Labute approximate surface area is 135 Å². The van der Waals surface area contributed by atoms with Crippen molar-refractivity contribution in [3.8, 4) is 11.3 Å². The van der Waals surface area contributed by atoms with E-state index in [0.717, 1.165) is 6.42 Å². The number of hydrogen-bond donors (Lipinski definition) is 1. The molecule has 0 aliphatic carbocycles. The summed E-state index contributed by atoms with van der Waals surface area (Å²) in [6.07, 6.45) is 0.835. The first-order chi connectivity index (χ1) is 10.7. The molecular formula is C17H22FN3O2. The van der Waals surface area contributed by atoms with Gasteiger partial charge in [0.2, 0.25) is 0 Å². The zero-order valence-electron chi connectivity index (χ0n) is 13.9. The minimum Gasteiger partial charge on any atom is -0.442 e. The number of nitrogens with two attached hydrogens (primary N) is 1. The maximum Gasteiger partial charge on any atom is 0.435 e. The van der Waals surface area contributed by atoms with Gasteiger partial charge in [-0.1, -0.05) is 13.3 Å². The van der Waals surface area contributed by atoms with E-state index in [9.17, 15) is 9.18 Å². The topological polar surface area (TPSA) is 70.1 Å². The Bertz CT molecular complexity index is 700. The normalized spacial score (nSPS) is 11.5. The lowest BCUT2D eigenvalue weighted by Crippen LogP contribution is -2.28. The molecule has 0 aliphatic heterocycles. The summed E-state index contributed by atoms with van der Waals surface area (Å²) in [6.45, 7) is 7.36. The SMILES string of the molecule is CCCc1c(N)c(-c2ccc(F)cc2)nn1C(=O)OC(C)(C)C. The van der Waals surface area contributed by atoms with Gasteiger partial charge < -0.3 is 10.5 Å². The first kappa shape index (κ1) is 17.0. The highest BCUT2D eigenvalue weighted by atomic mass is 19.1. The van der Waals surface area contributed by atoms with Crippen LogP contribution >= 0.6 is 0 Å². The van der Waals surface area contributed by atoms with E-state index in [4.69, 9.17) is 10.5 Å². The van der Waals surface area contributed by atoms with E-state index in [1.54, 1.807) is 32.9 Å². The van der Waals surface area contributed by atoms with Crippen molar-refractivity contribution in [1.29, 1.82) is 0 Å². The third-order valence-corrected chi connectivity index (χ3v) is 3.19. The summed E-state index contributed by atoms with van der Waals surface area (Å²) < 4.78 is 19.7. The van der Waals surface area contributed by atoms with Crippen molar-refractivity contribution in [2.75, 3.05) is 5.73 Å². The van der Waals surface area contributed by atoms with Crippen LogP contribution in [0.15, 0.2) is 24.3 Å². The van der Waals surface area contributed by atoms with Crippen LogP contribution < -0.4 is 5.73 Å². The fourth-order valence-electron chi connectivity index (χ4n) is 2.22. The Kier molecular flexibility index (Phi) is 4.73. The molecule has 0 saturated heterocycles. The van der Waals surface area contributed by atoms with Gasteiger partial charge in [-0.25, -0.2) is 9.18 Å². The van der Waals surface area contributed by atoms with E-state index < -0.39 is 11.7 Å². The molecule has 1 heterocycles. The van der Waals surface area contributed by atoms with Crippen LogP contribution in [0, 0.1) is 5.82 Å². The van der Waals surface area contributed by atoms with Gasteiger partial charge in [0.25, 0.3) is 0 Å². The van der Waals surface area contributed by atoms with Crippen LogP contribution in [0.3, 0.4) is 0 Å². The number of carbonyl (C=O) groups is 1. The minimum atomic E-state index is -0.628. The fourth-order valence-corrected chi connectivity index (χ4v) is 2.22. The number of ether oxygens (including phenoxy) is 1. The number of aromatic nitrogens is 2. The van der Waals surface area contributed by atoms with Gasteiger partial charge in [-0.2, -0.15) is 9.78 Å². The molecule has 1 aromatic heterocycles. The van der Waals surface area contributed by atoms with E-state index in [1.165, 1.54) is 16.8 Å². The molecule has 0 saturated carbocycles. The number of halogens is 1. The first-order valence-electron chi connectivity index (χ1n) is 7.59. The molecule has 23 heavy (non-hydrogen) atoms. The largest absolute Gasteiger partial charge is 0.442 e. The highest BCUT2D eigenvalue weighted by Gasteiger charge is 2.24. The Hall–Kier alpha value is -2.37. The summed E-state index contributed by atoms with van der Waals surface area (Å²) in [4.78, 5) is 12.4. The highest BCUT2D eigenvalue weighted by Crippen LogP contribution is 2.29. The Morgan fingerprint density at radius 3 is 2.43 bits per heavy atom. The van der Waals surface area contributed by atoms with Crippen molar-refractivity contribution in [3.05, 3.63) is 35.8 Å². The molecule has 0 unspecified atom stereocenters. The third-order valence-electron chi connectivity index (χ3n) is 3.19. The second-order valence-corrected chi connectivity index (χ2v) is 6.36. The summed E-state index contributed by atoms with van der Waals surface area (Å²) in [5.74, 6) is -0.340. The summed E-state index contributed by atoms with van der Waals surface area (Å²) in [6, 6.07) is 5.84. The molecule has 6 heteroatoms. The quantitative estimate of drug-likeness (QED) is 0.928. The lowest BCUT2D eigenvalue weighted by atomic mass is 10.1. The summed E-state index contributed by atoms with van der Waals surface area (Å²) in [5, 5.41) is 4.31. The van der Waals surface area contributed by atoms with Crippen molar-refractivity contribution in [1.82, 2.24) is 9.78 Å². The molecule has 124 valence electrons. The number of rotatable bonds is 3. The van der Waals surface area contributed by atoms with Gasteiger partial charge in [-0.3, -0.25) is 0 Å². The molecule has 0 radical (unpaired) electrons. The Morgan fingerprint density at radius 1 is 1.30 bits per heavy atom. The van der Waals surface area contributed by atoms with Crippen LogP contribution in [0.5, 0.6) is 0 Å². The monoisotopic (exact) mass is 319 g/mol. The standard InChI is InChI=1S/C17H22FN3O2/c1-5-6-13-14(19)15(11-7-9-12(18)10-8-11)20-21(13)16(22)23-17(2,3)4/h7-10H,5-6,19H2,1-4H3. The van der Waals surface area contributed by atoms with E-state index >= 15 is 0 Å². The second-order valence-electron chi connectivity index (χ2n) is 6.36. The van der Waals surface area contributed by atoms with E-state index in [0.29, 0.717) is 29.1 Å². The minimum absolute atomic E-state index is 0.340. The van der Waals surface area contributed by atoms with Gasteiger partial charge in [0.05, 0.1) is 11.4 Å². The van der Waals surface area contributed by atoms with Crippen LogP contribution in [0.4, 0.5) is 14.9 Å². The molecular weight excluding hydrogens is 297 g/mol. The van der Waals surface area contributed by atoms with Crippen molar-refractivity contribution < 1.29 is 13.9 Å². The maximum atomic E-state index is 13.1. The molecule has 0 bridgehead atoms. The molecule has 0 fully saturated rings. The maximum absolute atomic E-state index is 13.1. The van der Waals surface area contributed by atoms with Gasteiger partial charge in [-0.05, 0) is 51.5 Å². The van der Waals surface area contributed by atoms with Crippen molar-refractivity contribution >= 4 is 11.8 Å². The van der Waals surface area contributed by atoms with Gasteiger partial charge in [0.15, 0.2) is 0 Å². The van der Waals surface area contributed by atoms with Gasteiger partial charge in [0, 0.05) is 5.56 Å². The number of carbonyl (C=O) groups excluding carboxylic acids is 1. The Morgan fingerprint density at radius 2 is 1.91 bits per heavy atom. The fraction of sp³-hybridized carbons (Fsp3) is 0.412. The van der Waals surface area contributed by atoms with E-state index in [1.807, 2.05) is 6.92 Å². The van der Waals surface area contributed by atoms with E-state index in [2.05, 4.69) is 5.10 Å². The lowest BCUT2D eigenvalue weighted by Gasteiger charge is -2.19. The summed E-state index contributed by atoms with van der Waals surface area (Å²) >= 11 is 0. The second kappa shape index (κ2) is 6.40. The molecule has 0 aliphatic rings. The molecule has 0 atom stereocenters. The lowest BCUT2D eigenvalue weighted by molar-refractivity contribution is 0.0510. The number of benzene rings is 1. The van der Waals surface area contributed by atoms with Crippen molar-refractivity contribution in [3.63, 3.8) is 0 Å². The van der Waals surface area contributed by atoms with Crippen LogP contribution in [-0.2, 0) is 11.2 Å². The Balaban J connectivity index is 2.48. The van der Waals surface area contributed by atoms with Crippen molar-refractivity contribution in [2.45, 2.75) is 46.1 Å². The van der Waals surface area contributed by atoms with Gasteiger partial charge in [-0.15, -0.1) is 0 Å². The number of anilines is 1. The number of nitrogen functional groups attached to an aromatic ring is 1. The van der Waals surface area contributed by atoms with Gasteiger partial charge >= 0.3 is 6.09 Å². The molecule has 5 nitrogen and oxygen atoms in total. The van der Waals surface area contributed by atoms with Crippen LogP contribution in [0.1, 0.15) is 39.8 Å². The molecule has 1 aromatic carbocycles. The van der Waals surface area contributed by atoms with Crippen LogP contribution in [0.2, 0.25) is 0 Å².